The summed E-state index contributed by atoms with van der Waals surface area (Å²) in [5.41, 5.74) is 6.44. The summed E-state index contributed by atoms with van der Waals surface area (Å²) in [6.45, 7) is 0. The smallest absolute Gasteiger partial charge is 0.179 e. The molecule has 3 heteroatoms. The fourth-order valence-electron chi connectivity index (χ4n) is 4.15. The average molecular weight is 300 g/mol. The van der Waals surface area contributed by atoms with Gasteiger partial charge in [0.2, 0.25) is 0 Å². The van der Waals surface area contributed by atoms with E-state index in [1.54, 1.807) is 0 Å². The van der Waals surface area contributed by atoms with Crippen molar-refractivity contribution in [3.63, 3.8) is 0 Å². The highest BCUT2D eigenvalue weighted by Gasteiger charge is 2.46. The molecule has 0 saturated heterocycles. The molecule has 2 N–H and O–H groups in total. The van der Waals surface area contributed by atoms with Crippen LogP contribution in [-0.4, -0.2) is 16.3 Å². The van der Waals surface area contributed by atoms with Crippen LogP contribution in [0.3, 0.4) is 0 Å². The Balaban J connectivity index is 1.82. The maximum Gasteiger partial charge on any atom is 0.179 e. The van der Waals surface area contributed by atoms with Crippen LogP contribution < -0.4 is 0 Å². The second-order valence-corrected chi connectivity index (χ2v) is 6.35. The summed E-state index contributed by atoms with van der Waals surface area (Å²) >= 11 is 0. The van der Waals surface area contributed by atoms with Crippen molar-refractivity contribution in [1.29, 1.82) is 0 Å². The van der Waals surface area contributed by atoms with Gasteiger partial charge in [0.15, 0.2) is 11.5 Å². The van der Waals surface area contributed by atoms with Crippen LogP contribution in [0.2, 0.25) is 0 Å². The quantitative estimate of drug-likeness (QED) is 0.522. The first-order valence-corrected chi connectivity index (χ1v) is 7.73. The zero-order chi connectivity index (χ0) is 15.3. The molecule has 1 heterocycles. The number of hydrogen-bond donors (Lipinski definition) is 2. The van der Waals surface area contributed by atoms with Crippen LogP contribution in [0.1, 0.15) is 17.2 Å². The lowest BCUT2D eigenvalue weighted by molar-refractivity contribution is 0.0325. The molecule has 0 unspecified atom stereocenters. The van der Waals surface area contributed by atoms with E-state index < -0.39 is 12.2 Å². The molecule has 6 rings (SSSR count). The molecule has 0 saturated carbocycles. The van der Waals surface area contributed by atoms with E-state index in [0.29, 0.717) is 5.76 Å². The molecule has 2 atom stereocenters. The van der Waals surface area contributed by atoms with Gasteiger partial charge >= 0.3 is 0 Å². The van der Waals surface area contributed by atoms with Crippen molar-refractivity contribution >= 4 is 16.5 Å². The fraction of sp³-hybridized carbons (Fsp3) is 0.100. The van der Waals surface area contributed by atoms with E-state index in [9.17, 15) is 10.2 Å². The largest absolute Gasteiger partial charge is 0.451 e. The van der Waals surface area contributed by atoms with E-state index in [-0.39, 0.29) is 0 Å². The summed E-state index contributed by atoms with van der Waals surface area (Å²) in [5, 5.41) is 22.9. The second-order valence-electron chi connectivity index (χ2n) is 6.35. The Hall–Kier alpha value is -2.62. The second kappa shape index (κ2) is 3.65. The molecule has 2 aliphatic carbocycles. The van der Waals surface area contributed by atoms with Crippen LogP contribution in [0.15, 0.2) is 54.3 Å². The number of rotatable bonds is 0. The van der Waals surface area contributed by atoms with Crippen molar-refractivity contribution in [1.82, 2.24) is 0 Å². The minimum Gasteiger partial charge on any atom is -0.451 e. The highest BCUT2D eigenvalue weighted by atomic mass is 16.6. The van der Waals surface area contributed by atoms with Gasteiger partial charge in [-0.15, -0.1) is 0 Å². The zero-order valence-corrected chi connectivity index (χ0v) is 12.1. The molecule has 0 radical (unpaired) electrons. The molecular formula is C20H12O3. The number of benzene rings is 3. The molecule has 0 bridgehead atoms. The van der Waals surface area contributed by atoms with Gasteiger partial charge in [-0.05, 0) is 44.7 Å². The van der Waals surface area contributed by atoms with E-state index in [0.717, 1.165) is 27.8 Å². The van der Waals surface area contributed by atoms with Crippen molar-refractivity contribution in [3.05, 3.63) is 65.4 Å². The van der Waals surface area contributed by atoms with Crippen LogP contribution in [0.4, 0.5) is 0 Å². The number of fused-ring (bicyclic) bond motifs is 6. The monoisotopic (exact) mass is 300 g/mol. The summed E-state index contributed by atoms with van der Waals surface area (Å²) in [7, 11) is 0. The average Bonchev–Trinajstić information content (AvgIpc) is 3.32. The van der Waals surface area contributed by atoms with Crippen LogP contribution >= 0.6 is 0 Å². The summed E-state index contributed by atoms with van der Waals surface area (Å²) in [4.78, 5) is 0. The van der Waals surface area contributed by atoms with Crippen LogP contribution in [-0.2, 0) is 4.74 Å². The molecular weight excluding hydrogens is 288 g/mol. The van der Waals surface area contributed by atoms with Crippen LogP contribution in [0.25, 0.3) is 38.8 Å². The fourth-order valence-corrected chi connectivity index (χ4v) is 4.15. The van der Waals surface area contributed by atoms with Gasteiger partial charge in [0.25, 0.3) is 0 Å². The Morgan fingerprint density at radius 1 is 0.783 bits per heavy atom. The zero-order valence-electron chi connectivity index (χ0n) is 12.1. The first-order chi connectivity index (χ1) is 11.3. The lowest BCUT2D eigenvalue weighted by Crippen LogP contribution is -2.20. The lowest BCUT2D eigenvalue weighted by atomic mass is 9.86. The molecule has 0 fully saturated rings. The molecule has 0 aromatic heterocycles. The van der Waals surface area contributed by atoms with Gasteiger partial charge in [-0.25, -0.2) is 0 Å². The minimum atomic E-state index is -0.957. The first-order valence-electron chi connectivity index (χ1n) is 7.73. The SMILES string of the molecule is O[C@H]1C2=C(O2)c2c(cc3c4c(cccc24)-c2ccccc2-3)[C@@H]1O. The number of hydrogen-bond acceptors (Lipinski definition) is 3. The van der Waals surface area contributed by atoms with Crippen molar-refractivity contribution < 1.29 is 14.9 Å². The Morgan fingerprint density at radius 2 is 1.52 bits per heavy atom. The number of ether oxygens (including phenoxy) is 1. The van der Waals surface area contributed by atoms with Gasteiger partial charge in [-0.3, -0.25) is 0 Å². The Morgan fingerprint density at radius 3 is 2.35 bits per heavy atom. The molecule has 0 spiro atoms. The third-order valence-electron chi connectivity index (χ3n) is 5.21. The maximum absolute atomic E-state index is 10.5. The topological polar surface area (TPSA) is 53.0 Å². The van der Waals surface area contributed by atoms with Gasteiger partial charge in [-0.1, -0.05) is 42.5 Å². The summed E-state index contributed by atoms with van der Waals surface area (Å²) in [5.74, 6) is 1.25. The highest BCUT2D eigenvalue weighted by Crippen LogP contribution is 2.56. The van der Waals surface area contributed by atoms with E-state index in [4.69, 9.17) is 4.74 Å². The molecule has 3 aromatic carbocycles. The lowest BCUT2D eigenvalue weighted by Gasteiger charge is -2.20. The van der Waals surface area contributed by atoms with E-state index in [1.807, 2.05) is 24.3 Å². The summed E-state index contributed by atoms with van der Waals surface area (Å²) in [6.07, 6.45) is -1.90. The van der Waals surface area contributed by atoms with Crippen molar-refractivity contribution in [3.8, 4) is 22.3 Å². The third-order valence-corrected chi connectivity index (χ3v) is 5.21. The molecule has 1 aliphatic heterocycles. The molecule has 23 heavy (non-hydrogen) atoms. The van der Waals surface area contributed by atoms with Crippen LogP contribution in [0, 0.1) is 0 Å². The molecule has 110 valence electrons. The van der Waals surface area contributed by atoms with E-state index in [2.05, 4.69) is 24.3 Å². The van der Waals surface area contributed by atoms with Gasteiger partial charge < -0.3 is 14.9 Å². The van der Waals surface area contributed by atoms with Crippen LogP contribution in [0.5, 0.6) is 0 Å². The molecule has 0 amide bonds. The van der Waals surface area contributed by atoms with Gasteiger partial charge in [0, 0.05) is 5.56 Å². The Bertz CT molecular complexity index is 1080. The summed E-state index contributed by atoms with van der Waals surface area (Å²) in [6, 6.07) is 16.6. The predicted octanol–water partition coefficient (Wildman–Crippen LogP) is 3.59. The van der Waals surface area contributed by atoms with Gasteiger partial charge in [-0.2, -0.15) is 0 Å². The number of aliphatic hydroxyl groups is 2. The number of aliphatic hydroxyl groups excluding tert-OH is 2. The predicted molar refractivity (Wildman–Crippen MR) is 87.3 cm³/mol. The summed E-state index contributed by atoms with van der Waals surface area (Å²) < 4.78 is 5.50. The molecule has 3 aliphatic rings. The molecule has 3 nitrogen and oxygen atoms in total. The van der Waals surface area contributed by atoms with E-state index in [1.165, 1.54) is 22.1 Å². The standard InChI is InChI=1S/C20H12O3/c21-17-14-8-13-10-5-2-1-4-9(10)11-6-3-7-12(15(11)13)16(14)19-20(23-19)18(17)22/h1-8,17-18,21-22H/t17-,18+/m0/s1. The van der Waals surface area contributed by atoms with Gasteiger partial charge in [0.1, 0.15) is 12.2 Å². The van der Waals surface area contributed by atoms with Crippen molar-refractivity contribution in [2.75, 3.05) is 0 Å². The Labute approximate surface area is 132 Å². The maximum atomic E-state index is 10.5. The highest BCUT2D eigenvalue weighted by molar-refractivity contribution is 6.18. The van der Waals surface area contributed by atoms with Crippen molar-refractivity contribution in [2.45, 2.75) is 12.2 Å². The van der Waals surface area contributed by atoms with Gasteiger partial charge in [0.05, 0.1) is 0 Å². The third kappa shape index (κ3) is 1.25. The first kappa shape index (κ1) is 11.9. The minimum absolute atomic E-state index is 0.515. The molecule has 3 aromatic rings. The Kier molecular flexibility index (Phi) is 1.88. The van der Waals surface area contributed by atoms with Crippen molar-refractivity contribution in [2.24, 2.45) is 0 Å². The normalized spacial score (nSPS) is 22.5. The van der Waals surface area contributed by atoms with E-state index >= 15 is 0 Å².